The molecule has 0 aromatic heterocycles. The lowest BCUT2D eigenvalue weighted by molar-refractivity contribution is -0.130. The summed E-state index contributed by atoms with van der Waals surface area (Å²) < 4.78 is 0. The molecule has 8 heteroatoms. The summed E-state index contributed by atoms with van der Waals surface area (Å²) in [5, 5.41) is 0.192. The zero-order valence-electron chi connectivity index (χ0n) is 12.1. The summed E-state index contributed by atoms with van der Waals surface area (Å²) in [6.07, 6.45) is 4.84. The van der Waals surface area contributed by atoms with Gasteiger partial charge in [0.25, 0.3) is 0 Å². The van der Waals surface area contributed by atoms with Gasteiger partial charge in [0.15, 0.2) is 5.11 Å². The minimum Gasteiger partial charge on any atom is -0.276 e. The van der Waals surface area contributed by atoms with E-state index in [1.165, 1.54) is 4.90 Å². The van der Waals surface area contributed by atoms with Gasteiger partial charge in [-0.05, 0) is 25.1 Å². The Morgan fingerprint density at radius 1 is 1.00 bits per heavy atom. The molecule has 0 radical (unpaired) electrons. The van der Waals surface area contributed by atoms with E-state index in [1.807, 2.05) is 0 Å². The van der Waals surface area contributed by atoms with Gasteiger partial charge < -0.3 is 0 Å². The summed E-state index contributed by atoms with van der Waals surface area (Å²) in [5.74, 6) is 0.0149. The van der Waals surface area contributed by atoms with Crippen LogP contribution in [0.4, 0.5) is 0 Å². The molecule has 0 atom stereocenters. The summed E-state index contributed by atoms with van der Waals surface area (Å²) in [6, 6.07) is 0. The number of rotatable bonds is 4. The lowest BCUT2D eigenvalue weighted by atomic mass is 9.80. The fourth-order valence-corrected chi connectivity index (χ4v) is 4.53. The number of nitrogens with zero attached hydrogens (tertiary/aromatic N) is 2. The largest absolute Gasteiger partial charge is 0.276 e. The molecule has 122 valence electrons. The first-order valence-corrected chi connectivity index (χ1v) is 9.24. The molecule has 0 aromatic rings. The number of hydrogen-bond acceptors (Lipinski definition) is 4. The lowest BCUT2D eigenvalue weighted by Gasteiger charge is -2.39. The van der Waals surface area contributed by atoms with E-state index < -0.39 is 5.54 Å². The Kier molecular flexibility index (Phi) is 6.16. The zero-order chi connectivity index (χ0) is 16.3. The molecular formula is C14H18Cl2N2O2S2. The SMILES string of the molecule is O=C(CCCl)N1C(=S)N(C(=O)CCCl)C2(CCCCC2)C1=S. The van der Waals surface area contributed by atoms with Crippen molar-refractivity contribution in [3.05, 3.63) is 0 Å². The highest BCUT2D eigenvalue weighted by atomic mass is 35.5. The smallest absolute Gasteiger partial charge is 0.235 e. The third kappa shape index (κ3) is 3.03. The van der Waals surface area contributed by atoms with Crippen LogP contribution in [-0.4, -0.2) is 49.0 Å². The maximum atomic E-state index is 12.5. The van der Waals surface area contributed by atoms with E-state index in [1.54, 1.807) is 4.90 Å². The lowest BCUT2D eigenvalue weighted by Crippen LogP contribution is -2.53. The Bertz CT molecular complexity index is 507. The van der Waals surface area contributed by atoms with Crippen LogP contribution in [0.1, 0.15) is 44.9 Å². The third-order valence-corrected chi connectivity index (χ3v) is 5.51. The van der Waals surface area contributed by atoms with E-state index in [0.717, 1.165) is 32.1 Å². The number of carbonyl (C=O) groups is 2. The number of carbonyl (C=O) groups excluding carboxylic acids is 2. The van der Waals surface area contributed by atoms with Crippen molar-refractivity contribution in [1.82, 2.24) is 9.80 Å². The van der Waals surface area contributed by atoms with Gasteiger partial charge in [-0.15, -0.1) is 23.2 Å². The fraction of sp³-hybridized carbons (Fsp3) is 0.714. The normalized spacial score (nSPS) is 20.8. The molecule has 4 nitrogen and oxygen atoms in total. The summed E-state index contributed by atoms with van der Waals surface area (Å²) in [5.41, 5.74) is -0.629. The molecule has 22 heavy (non-hydrogen) atoms. The molecule has 0 bridgehead atoms. The van der Waals surface area contributed by atoms with Gasteiger partial charge in [-0.25, -0.2) is 4.90 Å². The minimum atomic E-state index is -0.629. The summed E-state index contributed by atoms with van der Waals surface area (Å²) in [7, 11) is 0. The predicted octanol–water partition coefficient (Wildman–Crippen LogP) is 3.23. The van der Waals surface area contributed by atoms with E-state index in [4.69, 9.17) is 47.6 Å². The first kappa shape index (κ1) is 18.0. The van der Waals surface area contributed by atoms with Crippen molar-refractivity contribution in [2.24, 2.45) is 0 Å². The molecule has 1 heterocycles. The molecule has 1 saturated heterocycles. The molecule has 2 aliphatic rings. The van der Waals surface area contributed by atoms with Crippen LogP contribution in [0.3, 0.4) is 0 Å². The van der Waals surface area contributed by atoms with Crippen LogP contribution in [0.15, 0.2) is 0 Å². The Morgan fingerprint density at radius 3 is 2.09 bits per heavy atom. The van der Waals surface area contributed by atoms with Crippen molar-refractivity contribution < 1.29 is 9.59 Å². The fourth-order valence-electron chi connectivity index (χ4n) is 3.20. The Hall–Kier alpha value is -0.300. The third-order valence-electron chi connectivity index (χ3n) is 4.21. The Morgan fingerprint density at radius 2 is 1.55 bits per heavy atom. The zero-order valence-corrected chi connectivity index (χ0v) is 15.3. The van der Waals surface area contributed by atoms with Gasteiger partial charge in [0.05, 0.1) is 0 Å². The van der Waals surface area contributed by atoms with Crippen LogP contribution >= 0.6 is 47.6 Å². The first-order valence-electron chi connectivity index (χ1n) is 7.36. The van der Waals surface area contributed by atoms with Crippen molar-refractivity contribution in [3.8, 4) is 0 Å². The van der Waals surface area contributed by atoms with E-state index in [-0.39, 0.29) is 41.5 Å². The number of amides is 2. The molecular weight excluding hydrogens is 363 g/mol. The average Bonchev–Trinajstić information content (AvgIpc) is 2.68. The summed E-state index contributed by atoms with van der Waals surface area (Å²) in [6.45, 7) is 0. The minimum absolute atomic E-state index is 0.148. The molecule has 0 unspecified atom stereocenters. The Balaban J connectivity index is 2.39. The molecule has 2 amide bonds. The molecule has 1 aliphatic heterocycles. The number of hydrogen-bond donors (Lipinski definition) is 0. The van der Waals surface area contributed by atoms with Crippen LogP contribution in [0.5, 0.6) is 0 Å². The standard InChI is InChI=1S/C14H18Cl2N2O2S2/c15-8-4-10(19)17-12(21)14(6-2-1-3-7-14)18(13(17)22)11(20)5-9-16/h1-9H2. The second kappa shape index (κ2) is 7.51. The molecule has 1 spiro atoms. The van der Waals surface area contributed by atoms with Gasteiger partial charge in [0, 0.05) is 24.6 Å². The van der Waals surface area contributed by atoms with Gasteiger partial charge in [0.2, 0.25) is 11.8 Å². The van der Waals surface area contributed by atoms with Gasteiger partial charge in [0.1, 0.15) is 10.5 Å². The molecule has 2 rings (SSSR count). The van der Waals surface area contributed by atoms with E-state index in [0.29, 0.717) is 4.99 Å². The van der Waals surface area contributed by atoms with Crippen LogP contribution in [0.25, 0.3) is 0 Å². The molecule has 0 aromatic carbocycles. The van der Waals surface area contributed by atoms with Crippen LogP contribution < -0.4 is 0 Å². The van der Waals surface area contributed by atoms with Gasteiger partial charge in [-0.1, -0.05) is 31.5 Å². The second-order valence-electron chi connectivity index (χ2n) is 5.52. The second-order valence-corrected chi connectivity index (χ2v) is 7.02. The molecule has 1 saturated carbocycles. The Labute approximate surface area is 151 Å². The highest BCUT2D eigenvalue weighted by molar-refractivity contribution is 7.82. The predicted molar refractivity (Wildman–Crippen MR) is 95.4 cm³/mol. The monoisotopic (exact) mass is 380 g/mol. The molecule has 2 fully saturated rings. The van der Waals surface area contributed by atoms with Crippen molar-refractivity contribution in [3.63, 3.8) is 0 Å². The summed E-state index contributed by atoms with van der Waals surface area (Å²) in [4.78, 5) is 28.2. The maximum Gasteiger partial charge on any atom is 0.235 e. The summed E-state index contributed by atoms with van der Waals surface area (Å²) >= 11 is 22.4. The van der Waals surface area contributed by atoms with Crippen LogP contribution in [-0.2, 0) is 9.59 Å². The quantitative estimate of drug-likeness (QED) is 0.554. The highest BCUT2D eigenvalue weighted by Crippen LogP contribution is 2.42. The van der Waals surface area contributed by atoms with Gasteiger partial charge in [-0.3, -0.25) is 14.5 Å². The maximum absolute atomic E-state index is 12.5. The number of halogens is 2. The average molecular weight is 381 g/mol. The van der Waals surface area contributed by atoms with Crippen molar-refractivity contribution in [2.45, 2.75) is 50.5 Å². The van der Waals surface area contributed by atoms with E-state index >= 15 is 0 Å². The van der Waals surface area contributed by atoms with E-state index in [2.05, 4.69) is 0 Å². The van der Waals surface area contributed by atoms with Crippen molar-refractivity contribution in [2.75, 3.05) is 11.8 Å². The first-order chi connectivity index (χ1) is 10.5. The van der Waals surface area contributed by atoms with E-state index in [9.17, 15) is 9.59 Å². The van der Waals surface area contributed by atoms with Crippen LogP contribution in [0, 0.1) is 0 Å². The highest BCUT2D eigenvalue weighted by Gasteiger charge is 2.56. The number of alkyl halides is 2. The molecule has 0 N–H and O–H groups in total. The van der Waals surface area contributed by atoms with Gasteiger partial charge >= 0.3 is 0 Å². The van der Waals surface area contributed by atoms with Gasteiger partial charge in [-0.2, -0.15) is 0 Å². The van der Waals surface area contributed by atoms with Crippen molar-refractivity contribution >= 4 is 69.6 Å². The van der Waals surface area contributed by atoms with Crippen molar-refractivity contribution in [1.29, 1.82) is 0 Å². The van der Waals surface area contributed by atoms with Crippen LogP contribution in [0.2, 0.25) is 0 Å². The topological polar surface area (TPSA) is 40.6 Å². The molecule has 1 aliphatic carbocycles. The number of thiocarbonyl (C=S) groups is 2.